The standard InChI is InChI=1S/C8H7N5O/c9-7-6-5(12-3-13-7)4(8(10)14)1-2-11-6/h1-3H,(H2,10,14)(H2,9,12,13). The maximum atomic E-state index is 11.0. The van der Waals surface area contributed by atoms with Crippen molar-refractivity contribution < 1.29 is 4.79 Å². The minimum Gasteiger partial charge on any atom is -0.382 e. The van der Waals surface area contributed by atoms with Crippen LogP contribution in [0, 0.1) is 0 Å². The summed E-state index contributed by atoms with van der Waals surface area (Å²) in [6, 6.07) is 1.50. The number of carbonyl (C=O) groups is 1. The fraction of sp³-hybridized carbons (Fsp3) is 0. The number of hydrogen-bond donors (Lipinski definition) is 2. The summed E-state index contributed by atoms with van der Waals surface area (Å²) in [5, 5.41) is 0. The Balaban J connectivity index is 2.88. The third-order valence-corrected chi connectivity index (χ3v) is 1.82. The quantitative estimate of drug-likeness (QED) is 0.640. The molecule has 14 heavy (non-hydrogen) atoms. The Labute approximate surface area is 79.0 Å². The number of carbonyl (C=O) groups excluding carboxylic acids is 1. The van der Waals surface area contributed by atoms with Gasteiger partial charge in [-0.2, -0.15) is 0 Å². The average Bonchev–Trinajstić information content (AvgIpc) is 2.17. The van der Waals surface area contributed by atoms with E-state index in [4.69, 9.17) is 11.5 Å². The summed E-state index contributed by atoms with van der Waals surface area (Å²) >= 11 is 0. The zero-order valence-corrected chi connectivity index (χ0v) is 7.14. The van der Waals surface area contributed by atoms with Crippen LogP contribution in [0.4, 0.5) is 5.82 Å². The average molecular weight is 189 g/mol. The summed E-state index contributed by atoms with van der Waals surface area (Å²) in [6.07, 6.45) is 2.72. The van der Waals surface area contributed by atoms with Crippen molar-refractivity contribution in [3.05, 3.63) is 24.2 Å². The zero-order valence-electron chi connectivity index (χ0n) is 7.14. The second kappa shape index (κ2) is 2.91. The van der Waals surface area contributed by atoms with E-state index in [-0.39, 0.29) is 5.82 Å². The number of amides is 1. The monoisotopic (exact) mass is 189 g/mol. The molecule has 1 amide bonds. The number of pyridine rings is 1. The highest BCUT2D eigenvalue weighted by Gasteiger charge is 2.09. The normalized spacial score (nSPS) is 10.3. The lowest BCUT2D eigenvalue weighted by atomic mass is 10.2. The summed E-state index contributed by atoms with van der Waals surface area (Å²) in [5.74, 6) is -0.325. The van der Waals surface area contributed by atoms with E-state index >= 15 is 0 Å². The number of fused-ring (bicyclic) bond motifs is 1. The number of nitrogens with zero attached hydrogens (tertiary/aromatic N) is 3. The topological polar surface area (TPSA) is 108 Å². The molecule has 0 aliphatic carbocycles. The highest BCUT2D eigenvalue weighted by Crippen LogP contribution is 2.16. The molecule has 2 heterocycles. The third kappa shape index (κ3) is 1.13. The highest BCUT2D eigenvalue weighted by atomic mass is 16.1. The van der Waals surface area contributed by atoms with Gasteiger partial charge in [-0.15, -0.1) is 0 Å². The van der Waals surface area contributed by atoms with Gasteiger partial charge in [-0.25, -0.2) is 9.97 Å². The summed E-state index contributed by atoms with van der Waals surface area (Å²) in [5.41, 5.74) is 11.8. The van der Waals surface area contributed by atoms with E-state index in [1.165, 1.54) is 18.6 Å². The van der Waals surface area contributed by atoms with Gasteiger partial charge in [-0.05, 0) is 6.07 Å². The predicted octanol–water partition coefficient (Wildman–Crippen LogP) is -0.294. The molecule has 0 aromatic carbocycles. The van der Waals surface area contributed by atoms with Crippen LogP contribution in [0.1, 0.15) is 10.4 Å². The summed E-state index contributed by atoms with van der Waals surface area (Å²) in [4.78, 5) is 22.7. The van der Waals surface area contributed by atoms with Gasteiger partial charge in [-0.1, -0.05) is 0 Å². The highest BCUT2D eigenvalue weighted by molar-refractivity contribution is 6.05. The number of aromatic nitrogens is 3. The second-order valence-corrected chi connectivity index (χ2v) is 2.68. The minimum absolute atomic E-state index is 0.234. The van der Waals surface area contributed by atoms with E-state index in [1.54, 1.807) is 0 Å². The van der Waals surface area contributed by atoms with Crippen LogP contribution in [-0.4, -0.2) is 20.9 Å². The molecule has 0 saturated carbocycles. The van der Waals surface area contributed by atoms with Crippen molar-refractivity contribution in [2.45, 2.75) is 0 Å². The first kappa shape index (κ1) is 8.36. The first-order valence-electron chi connectivity index (χ1n) is 3.85. The molecule has 0 aliphatic rings. The Morgan fingerprint density at radius 3 is 2.71 bits per heavy atom. The molecule has 2 rings (SSSR count). The Bertz CT molecular complexity index is 510. The van der Waals surface area contributed by atoms with Crippen molar-refractivity contribution in [1.82, 2.24) is 15.0 Å². The van der Waals surface area contributed by atoms with Crippen molar-refractivity contribution in [3.63, 3.8) is 0 Å². The second-order valence-electron chi connectivity index (χ2n) is 2.68. The summed E-state index contributed by atoms with van der Waals surface area (Å²) in [6.45, 7) is 0. The number of nitrogens with two attached hydrogens (primary N) is 2. The van der Waals surface area contributed by atoms with Crippen LogP contribution in [0.2, 0.25) is 0 Å². The molecule has 0 spiro atoms. The molecule has 0 radical (unpaired) electrons. The first-order chi connectivity index (χ1) is 6.70. The lowest BCUT2D eigenvalue weighted by Gasteiger charge is -2.01. The van der Waals surface area contributed by atoms with Crippen LogP contribution < -0.4 is 11.5 Å². The van der Waals surface area contributed by atoms with Gasteiger partial charge in [0.2, 0.25) is 0 Å². The molecule has 0 aliphatic heterocycles. The van der Waals surface area contributed by atoms with E-state index in [9.17, 15) is 4.79 Å². The molecular formula is C8H7N5O. The van der Waals surface area contributed by atoms with Crippen molar-refractivity contribution in [2.24, 2.45) is 5.73 Å². The Morgan fingerprint density at radius 1 is 1.21 bits per heavy atom. The molecule has 6 nitrogen and oxygen atoms in total. The van der Waals surface area contributed by atoms with Gasteiger partial charge >= 0.3 is 0 Å². The van der Waals surface area contributed by atoms with Crippen molar-refractivity contribution in [2.75, 3.05) is 5.73 Å². The Morgan fingerprint density at radius 2 is 2.00 bits per heavy atom. The Hall–Kier alpha value is -2.24. The van der Waals surface area contributed by atoms with Gasteiger partial charge < -0.3 is 11.5 Å². The lowest BCUT2D eigenvalue weighted by molar-refractivity contribution is 0.100. The Kier molecular flexibility index (Phi) is 1.74. The van der Waals surface area contributed by atoms with Crippen LogP contribution in [0.25, 0.3) is 11.0 Å². The molecule has 0 saturated heterocycles. The van der Waals surface area contributed by atoms with Gasteiger partial charge in [0.25, 0.3) is 5.91 Å². The van der Waals surface area contributed by atoms with E-state index in [0.29, 0.717) is 16.6 Å². The smallest absolute Gasteiger partial charge is 0.251 e. The molecular weight excluding hydrogens is 182 g/mol. The van der Waals surface area contributed by atoms with E-state index in [2.05, 4.69) is 15.0 Å². The maximum Gasteiger partial charge on any atom is 0.251 e. The summed E-state index contributed by atoms with van der Waals surface area (Å²) in [7, 11) is 0. The zero-order chi connectivity index (χ0) is 10.1. The minimum atomic E-state index is -0.560. The van der Waals surface area contributed by atoms with Crippen molar-refractivity contribution in [1.29, 1.82) is 0 Å². The van der Waals surface area contributed by atoms with E-state index in [1.807, 2.05) is 0 Å². The van der Waals surface area contributed by atoms with Crippen LogP contribution in [0.3, 0.4) is 0 Å². The summed E-state index contributed by atoms with van der Waals surface area (Å²) < 4.78 is 0. The number of nitrogen functional groups attached to an aromatic ring is 1. The largest absolute Gasteiger partial charge is 0.382 e. The van der Waals surface area contributed by atoms with Crippen LogP contribution in [0.15, 0.2) is 18.6 Å². The molecule has 70 valence electrons. The van der Waals surface area contributed by atoms with Gasteiger partial charge in [0, 0.05) is 6.20 Å². The van der Waals surface area contributed by atoms with Gasteiger partial charge in [0.1, 0.15) is 17.4 Å². The number of hydrogen-bond acceptors (Lipinski definition) is 5. The third-order valence-electron chi connectivity index (χ3n) is 1.82. The molecule has 0 atom stereocenters. The lowest BCUT2D eigenvalue weighted by Crippen LogP contribution is -2.12. The van der Waals surface area contributed by atoms with Crippen molar-refractivity contribution in [3.8, 4) is 0 Å². The molecule has 2 aromatic heterocycles. The number of rotatable bonds is 1. The van der Waals surface area contributed by atoms with E-state index in [0.717, 1.165) is 0 Å². The molecule has 0 unspecified atom stereocenters. The van der Waals surface area contributed by atoms with Gasteiger partial charge in [0.15, 0.2) is 5.82 Å². The predicted molar refractivity (Wildman–Crippen MR) is 50.3 cm³/mol. The van der Waals surface area contributed by atoms with Crippen LogP contribution >= 0.6 is 0 Å². The molecule has 6 heteroatoms. The molecule has 4 N–H and O–H groups in total. The van der Waals surface area contributed by atoms with Gasteiger partial charge in [0.05, 0.1) is 5.56 Å². The molecule has 0 bridgehead atoms. The van der Waals surface area contributed by atoms with E-state index < -0.39 is 5.91 Å². The molecule has 0 fully saturated rings. The fourth-order valence-electron chi connectivity index (χ4n) is 1.18. The number of primary amides is 1. The first-order valence-corrected chi connectivity index (χ1v) is 3.85. The van der Waals surface area contributed by atoms with Gasteiger partial charge in [-0.3, -0.25) is 9.78 Å². The molecule has 2 aromatic rings. The van der Waals surface area contributed by atoms with Crippen LogP contribution in [-0.2, 0) is 0 Å². The van der Waals surface area contributed by atoms with Crippen molar-refractivity contribution >= 4 is 22.8 Å². The number of anilines is 1. The SMILES string of the molecule is NC(=O)c1ccnc2c(N)ncnc12. The maximum absolute atomic E-state index is 11.0. The van der Waals surface area contributed by atoms with Crippen LogP contribution in [0.5, 0.6) is 0 Å². The fourth-order valence-corrected chi connectivity index (χ4v) is 1.18.